The SMILES string of the molecule is Cc1cccc(C)c1-c1ccc2c(c1)N(c1ccccc1)c1cc(-c3c(C)cccc3C)ccc1N2c1c(C#N)c(C(=O)c2ccccc2)c2c(c1-n1c3ccccc3c3cc(-c4ccccc4)ccc31)C(F)(F)CC2(F)F. The van der Waals surface area contributed by atoms with Crippen LogP contribution in [0.15, 0.2) is 206 Å². The van der Waals surface area contributed by atoms with Crippen LogP contribution in [0, 0.1) is 39.0 Å². The Bertz CT molecular complexity index is 4190. The lowest BCUT2D eigenvalue weighted by Gasteiger charge is -2.42. The van der Waals surface area contributed by atoms with Crippen LogP contribution in [-0.4, -0.2) is 10.4 Å². The van der Waals surface area contributed by atoms with Gasteiger partial charge in [0.2, 0.25) is 0 Å². The molecule has 0 saturated heterocycles. The van der Waals surface area contributed by atoms with Crippen molar-refractivity contribution in [3.63, 3.8) is 0 Å². The molecule has 1 aromatic heterocycles. The molecule has 0 bridgehead atoms. The zero-order valence-corrected chi connectivity index (χ0v) is 43.0. The topological polar surface area (TPSA) is 52.3 Å². The Morgan fingerprint density at radius 1 is 0.462 bits per heavy atom. The van der Waals surface area contributed by atoms with Crippen LogP contribution in [0.3, 0.4) is 0 Å². The number of carbonyl (C=O) groups is 1. The van der Waals surface area contributed by atoms with Gasteiger partial charge in [0.25, 0.3) is 11.8 Å². The van der Waals surface area contributed by atoms with Gasteiger partial charge >= 0.3 is 0 Å². The predicted molar refractivity (Wildman–Crippen MR) is 306 cm³/mol. The van der Waals surface area contributed by atoms with Gasteiger partial charge in [-0.15, -0.1) is 0 Å². The molecule has 9 heteroatoms. The quantitative estimate of drug-likeness (QED) is 0.112. The number of anilines is 6. The van der Waals surface area contributed by atoms with E-state index in [1.165, 1.54) is 12.1 Å². The molecule has 0 N–H and O–H groups in total. The van der Waals surface area contributed by atoms with E-state index < -0.39 is 46.3 Å². The number of alkyl halides is 4. The standard InChI is InChI=1S/C69H48F4N4O/c1-41-18-16-19-42(2)60(41)48-31-34-56-58(37-48)75(50-26-12-7-13-27-50)59-38-49(61-43(3)20-17-21-44(61)4)32-35-57(59)77(56)65-53(39-74)62(67(78)46-24-10-6-11-25-46)63-64(69(72,73)40-68(63,70)71)66(65)76-54-29-15-14-28-51(54)52-36-47(30-33-55(52)76)45-22-8-5-9-23-45/h5-38H,40H2,1-4H3. The number of nitriles is 1. The van der Waals surface area contributed by atoms with Crippen LogP contribution in [0.2, 0.25) is 0 Å². The minimum absolute atomic E-state index is 0.0302. The third kappa shape index (κ3) is 7.38. The summed E-state index contributed by atoms with van der Waals surface area (Å²) in [6.07, 6.45) is -1.91. The molecule has 1 aliphatic carbocycles. The first-order chi connectivity index (χ1) is 37.8. The van der Waals surface area contributed by atoms with E-state index in [2.05, 4.69) is 75.1 Å². The summed E-state index contributed by atoms with van der Waals surface area (Å²) in [6.45, 7) is 8.23. The van der Waals surface area contributed by atoms with E-state index in [4.69, 9.17) is 0 Å². The Kier molecular flexibility index (Phi) is 11.2. The number of aromatic nitrogens is 1. The Balaban J connectivity index is 1.24. The third-order valence-electron chi connectivity index (χ3n) is 15.7. The molecular formula is C69H48F4N4O. The number of nitrogens with zero attached hydrogens (tertiary/aromatic N) is 4. The number of para-hydroxylation sites is 2. The Morgan fingerprint density at radius 3 is 1.54 bits per heavy atom. The maximum absolute atomic E-state index is 18.0. The van der Waals surface area contributed by atoms with Crippen LogP contribution in [-0.2, 0) is 11.8 Å². The highest BCUT2D eigenvalue weighted by Gasteiger charge is 2.61. The Morgan fingerprint density at radius 2 is 0.962 bits per heavy atom. The van der Waals surface area contributed by atoms with Crippen molar-refractivity contribution in [2.24, 2.45) is 0 Å². The fraction of sp³-hybridized carbons (Fsp3) is 0.101. The molecule has 0 amide bonds. The van der Waals surface area contributed by atoms with Gasteiger partial charge in [-0.1, -0.05) is 152 Å². The number of halogens is 4. The van der Waals surface area contributed by atoms with Gasteiger partial charge in [0, 0.05) is 27.6 Å². The van der Waals surface area contributed by atoms with Gasteiger partial charge in [-0.05, 0) is 138 Å². The van der Waals surface area contributed by atoms with E-state index in [1.807, 2.05) is 127 Å². The van der Waals surface area contributed by atoms with Gasteiger partial charge in [-0.3, -0.25) is 4.79 Å². The number of hydrogen-bond acceptors (Lipinski definition) is 4. The summed E-state index contributed by atoms with van der Waals surface area (Å²) in [5.74, 6) is -9.44. The summed E-state index contributed by atoms with van der Waals surface area (Å²) in [5, 5.41) is 13.4. The normalized spacial score (nSPS) is 14.0. The van der Waals surface area contributed by atoms with Crippen molar-refractivity contribution in [2.45, 2.75) is 46.0 Å². The lowest BCUT2D eigenvalue weighted by Crippen LogP contribution is -2.28. The van der Waals surface area contributed by atoms with E-state index in [0.717, 1.165) is 61.3 Å². The zero-order chi connectivity index (χ0) is 53.8. The second-order valence-electron chi connectivity index (χ2n) is 20.5. The average Bonchev–Trinajstić information content (AvgIpc) is 3.20. The number of ketones is 1. The minimum Gasteiger partial charge on any atom is -0.307 e. The molecule has 1 aliphatic heterocycles. The van der Waals surface area contributed by atoms with E-state index in [1.54, 1.807) is 39.8 Å². The van der Waals surface area contributed by atoms with Crippen molar-refractivity contribution < 1.29 is 22.4 Å². The maximum atomic E-state index is 18.0. The van der Waals surface area contributed by atoms with Crippen LogP contribution < -0.4 is 9.80 Å². The molecule has 378 valence electrons. The van der Waals surface area contributed by atoms with Crippen molar-refractivity contribution >= 4 is 61.7 Å². The highest BCUT2D eigenvalue weighted by molar-refractivity contribution is 6.17. The molecule has 0 unspecified atom stereocenters. The number of aryl methyl sites for hydroxylation is 4. The van der Waals surface area contributed by atoms with Gasteiger partial charge in [-0.25, -0.2) is 17.6 Å². The number of benzene rings is 10. The van der Waals surface area contributed by atoms with Gasteiger partial charge in [0.05, 0.1) is 68.3 Å². The molecular weight excluding hydrogens is 977 g/mol. The molecule has 10 aromatic carbocycles. The second kappa shape index (κ2) is 18.1. The first-order valence-electron chi connectivity index (χ1n) is 25.9. The van der Waals surface area contributed by atoms with Crippen molar-refractivity contribution in [1.82, 2.24) is 4.57 Å². The monoisotopic (exact) mass is 1020 g/mol. The molecule has 11 aromatic rings. The highest BCUT2D eigenvalue weighted by atomic mass is 19.3. The molecule has 2 aliphatic rings. The van der Waals surface area contributed by atoms with Gasteiger partial charge in [-0.2, -0.15) is 5.26 Å². The summed E-state index contributed by atoms with van der Waals surface area (Å²) < 4.78 is 72.5. The molecule has 13 rings (SSSR count). The number of hydrogen-bond donors (Lipinski definition) is 0. The fourth-order valence-corrected chi connectivity index (χ4v) is 12.4. The van der Waals surface area contributed by atoms with E-state index in [-0.39, 0.29) is 16.9 Å². The van der Waals surface area contributed by atoms with Crippen LogP contribution in [0.4, 0.5) is 51.7 Å². The molecule has 0 atom stereocenters. The maximum Gasteiger partial charge on any atom is 0.281 e. The van der Waals surface area contributed by atoms with Crippen molar-refractivity contribution in [3.05, 3.63) is 256 Å². The van der Waals surface area contributed by atoms with Gasteiger partial charge in [0.1, 0.15) is 6.07 Å². The third-order valence-corrected chi connectivity index (χ3v) is 15.7. The largest absolute Gasteiger partial charge is 0.307 e. The lowest BCUT2D eigenvalue weighted by atomic mass is 9.86. The smallest absolute Gasteiger partial charge is 0.281 e. The highest BCUT2D eigenvalue weighted by Crippen LogP contribution is 2.64. The summed E-state index contributed by atoms with van der Waals surface area (Å²) >= 11 is 0. The van der Waals surface area contributed by atoms with Crippen molar-refractivity contribution in [2.75, 3.05) is 9.80 Å². The van der Waals surface area contributed by atoms with Crippen molar-refractivity contribution in [1.29, 1.82) is 5.26 Å². The number of rotatable bonds is 8. The van der Waals surface area contributed by atoms with Crippen LogP contribution in [0.25, 0.3) is 60.9 Å². The van der Waals surface area contributed by atoms with Crippen LogP contribution in [0.5, 0.6) is 0 Å². The Hall–Kier alpha value is -9.52. The van der Waals surface area contributed by atoms with E-state index in [9.17, 15) is 5.26 Å². The summed E-state index contributed by atoms with van der Waals surface area (Å²) in [6, 6.07) is 66.9. The minimum atomic E-state index is -4.25. The van der Waals surface area contributed by atoms with Gasteiger partial charge in [0.15, 0.2) is 5.78 Å². The second-order valence-corrected chi connectivity index (χ2v) is 20.5. The summed E-state index contributed by atoms with van der Waals surface area (Å²) in [4.78, 5) is 19.3. The molecule has 78 heavy (non-hydrogen) atoms. The molecule has 0 fully saturated rings. The molecule has 2 heterocycles. The fourth-order valence-electron chi connectivity index (χ4n) is 12.4. The lowest BCUT2D eigenvalue weighted by molar-refractivity contribution is -0.0925. The van der Waals surface area contributed by atoms with Crippen molar-refractivity contribution in [3.8, 4) is 45.1 Å². The molecule has 0 saturated carbocycles. The molecule has 0 spiro atoms. The Labute approximate surface area is 449 Å². The number of carbonyl (C=O) groups excluding carboxylic acids is 1. The average molecular weight is 1030 g/mol. The van der Waals surface area contributed by atoms with Crippen LogP contribution in [0.1, 0.15) is 61.3 Å². The van der Waals surface area contributed by atoms with E-state index in [0.29, 0.717) is 44.6 Å². The first kappa shape index (κ1) is 48.1. The van der Waals surface area contributed by atoms with E-state index >= 15 is 22.4 Å². The molecule has 5 nitrogen and oxygen atoms in total. The first-order valence-corrected chi connectivity index (χ1v) is 25.9. The summed E-state index contributed by atoms with van der Waals surface area (Å²) in [5.41, 5.74) is 9.59. The zero-order valence-electron chi connectivity index (χ0n) is 43.0. The molecule has 0 radical (unpaired) electrons. The van der Waals surface area contributed by atoms with Crippen LogP contribution >= 0.6 is 0 Å². The summed E-state index contributed by atoms with van der Waals surface area (Å²) in [7, 11) is 0. The number of fused-ring (bicyclic) bond motifs is 6. The predicted octanol–water partition coefficient (Wildman–Crippen LogP) is 19.0. The van der Waals surface area contributed by atoms with Gasteiger partial charge < -0.3 is 14.4 Å².